The molecular weight excluding hydrogens is 250 g/mol. The minimum atomic E-state index is 0.0140. The Morgan fingerprint density at radius 3 is 2.15 bits per heavy atom. The first kappa shape index (κ1) is 13.1. The summed E-state index contributed by atoms with van der Waals surface area (Å²) < 4.78 is 5.70. The van der Waals surface area contributed by atoms with Crippen molar-refractivity contribution in [3.05, 3.63) is 0 Å². The van der Waals surface area contributed by atoms with Crippen LogP contribution in [0.1, 0.15) is 52.4 Å². The monoisotopic (exact) mass is 277 g/mol. The fourth-order valence-corrected chi connectivity index (χ4v) is 5.90. The van der Waals surface area contributed by atoms with Crippen molar-refractivity contribution >= 4 is 5.91 Å². The summed E-state index contributed by atoms with van der Waals surface area (Å²) in [6, 6.07) is 0.240. The van der Waals surface area contributed by atoms with Crippen LogP contribution in [0, 0.1) is 23.2 Å². The van der Waals surface area contributed by atoms with Crippen molar-refractivity contribution in [3.8, 4) is 0 Å². The Labute approximate surface area is 122 Å². The van der Waals surface area contributed by atoms with Crippen molar-refractivity contribution in [2.45, 2.75) is 64.5 Å². The highest BCUT2D eigenvalue weighted by Gasteiger charge is 2.56. The van der Waals surface area contributed by atoms with Gasteiger partial charge in [0.25, 0.3) is 0 Å². The van der Waals surface area contributed by atoms with Crippen LogP contribution < -0.4 is 0 Å². The van der Waals surface area contributed by atoms with Crippen LogP contribution in [0.2, 0.25) is 0 Å². The number of hydrogen-bond donors (Lipinski definition) is 0. The topological polar surface area (TPSA) is 29.5 Å². The van der Waals surface area contributed by atoms with E-state index in [0.29, 0.717) is 12.5 Å². The average Bonchev–Trinajstić information content (AvgIpc) is 2.39. The van der Waals surface area contributed by atoms with Crippen LogP contribution >= 0.6 is 0 Å². The maximum absolute atomic E-state index is 13.3. The highest BCUT2D eigenvalue weighted by Crippen LogP contribution is 2.60. The second-order valence-corrected chi connectivity index (χ2v) is 8.01. The van der Waals surface area contributed by atoms with E-state index >= 15 is 0 Å². The Kier molecular flexibility index (Phi) is 2.93. The molecule has 1 amide bonds. The van der Waals surface area contributed by atoms with Crippen LogP contribution in [0.5, 0.6) is 0 Å². The predicted molar refractivity (Wildman–Crippen MR) is 77.2 cm³/mol. The van der Waals surface area contributed by atoms with Gasteiger partial charge in [-0.1, -0.05) is 0 Å². The maximum Gasteiger partial charge on any atom is 0.229 e. The first-order chi connectivity index (χ1) is 9.57. The standard InChI is InChI=1S/C17H27NO2/c1-11-12(2)20-4-3-18(11)16(19)17-8-13-5-14(9-17)7-15(6-13)10-17/h11-15H,3-10H2,1-2H3. The third-order valence-electron chi connectivity index (χ3n) is 6.64. The second kappa shape index (κ2) is 4.46. The fourth-order valence-electron chi connectivity index (χ4n) is 5.90. The van der Waals surface area contributed by atoms with E-state index in [1.807, 2.05) is 0 Å². The number of amides is 1. The molecular formula is C17H27NO2. The van der Waals surface area contributed by atoms with Gasteiger partial charge in [-0.3, -0.25) is 4.79 Å². The molecule has 0 aromatic heterocycles. The molecule has 4 saturated carbocycles. The van der Waals surface area contributed by atoms with Crippen LogP contribution in [0.3, 0.4) is 0 Å². The van der Waals surface area contributed by atoms with Crippen molar-refractivity contribution in [2.75, 3.05) is 13.2 Å². The molecule has 5 fully saturated rings. The first-order valence-electron chi connectivity index (χ1n) is 8.50. The van der Waals surface area contributed by atoms with Gasteiger partial charge in [-0.25, -0.2) is 0 Å². The lowest BCUT2D eigenvalue weighted by Gasteiger charge is -2.57. The summed E-state index contributed by atoms with van der Waals surface area (Å²) in [7, 11) is 0. The number of carbonyl (C=O) groups excluding carboxylic acids is 1. The number of hydrogen-bond acceptors (Lipinski definition) is 2. The number of nitrogens with zero attached hydrogens (tertiary/aromatic N) is 1. The molecule has 1 heterocycles. The summed E-state index contributed by atoms with van der Waals surface area (Å²) >= 11 is 0. The molecule has 3 nitrogen and oxygen atoms in total. The zero-order valence-corrected chi connectivity index (χ0v) is 12.8. The Balaban J connectivity index is 1.58. The molecule has 5 rings (SSSR count). The summed E-state index contributed by atoms with van der Waals surface area (Å²) in [6.07, 6.45) is 7.93. The minimum Gasteiger partial charge on any atom is -0.375 e. The van der Waals surface area contributed by atoms with Crippen molar-refractivity contribution in [2.24, 2.45) is 23.2 Å². The van der Waals surface area contributed by atoms with Crippen LogP contribution in [0.15, 0.2) is 0 Å². The summed E-state index contributed by atoms with van der Waals surface area (Å²) in [4.78, 5) is 15.4. The van der Waals surface area contributed by atoms with Gasteiger partial charge in [0.15, 0.2) is 0 Å². The molecule has 4 bridgehead atoms. The Morgan fingerprint density at radius 1 is 1.05 bits per heavy atom. The van der Waals surface area contributed by atoms with Gasteiger partial charge in [-0.2, -0.15) is 0 Å². The van der Waals surface area contributed by atoms with Crippen LogP contribution in [-0.2, 0) is 9.53 Å². The van der Waals surface area contributed by atoms with E-state index in [4.69, 9.17) is 4.74 Å². The molecule has 0 N–H and O–H groups in total. The van der Waals surface area contributed by atoms with E-state index in [9.17, 15) is 4.79 Å². The van der Waals surface area contributed by atoms with E-state index in [1.165, 1.54) is 38.5 Å². The zero-order chi connectivity index (χ0) is 13.9. The molecule has 0 aromatic rings. The highest BCUT2D eigenvalue weighted by molar-refractivity contribution is 5.83. The first-order valence-corrected chi connectivity index (χ1v) is 8.50. The van der Waals surface area contributed by atoms with Gasteiger partial charge in [-0.15, -0.1) is 0 Å². The third-order valence-corrected chi connectivity index (χ3v) is 6.64. The fraction of sp³-hybridized carbons (Fsp3) is 0.941. The van der Waals surface area contributed by atoms with E-state index in [2.05, 4.69) is 18.7 Å². The lowest BCUT2D eigenvalue weighted by Crippen LogP contribution is -2.59. The molecule has 3 heteroatoms. The molecule has 2 atom stereocenters. The average molecular weight is 277 g/mol. The quantitative estimate of drug-likeness (QED) is 0.737. The Bertz CT molecular complexity index is 384. The number of carbonyl (C=O) groups is 1. The zero-order valence-electron chi connectivity index (χ0n) is 12.8. The van der Waals surface area contributed by atoms with Gasteiger partial charge in [-0.05, 0) is 70.1 Å². The van der Waals surface area contributed by atoms with Gasteiger partial charge >= 0.3 is 0 Å². The minimum absolute atomic E-state index is 0.0140. The van der Waals surface area contributed by atoms with Gasteiger partial charge in [0.2, 0.25) is 5.91 Å². The van der Waals surface area contributed by atoms with Gasteiger partial charge in [0.05, 0.1) is 24.2 Å². The van der Waals surface area contributed by atoms with Crippen molar-refractivity contribution in [3.63, 3.8) is 0 Å². The third kappa shape index (κ3) is 1.85. The molecule has 0 spiro atoms. The molecule has 4 aliphatic carbocycles. The lowest BCUT2D eigenvalue weighted by molar-refractivity contribution is -0.169. The van der Waals surface area contributed by atoms with Gasteiger partial charge in [0.1, 0.15) is 0 Å². The van der Waals surface area contributed by atoms with E-state index in [-0.39, 0.29) is 17.6 Å². The number of morpholine rings is 1. The summed E-state index contributed by atoms with van der Waals surface area (Å²) in [5.74, 6) is 3.01. The number of rotatable bonds is 1. The van der Waals surface area contributed by atoms with Crippen molar-refractivity contribution < 1.29 is 9.53 Å². The molecule has 1 saturated heterocycles. The second-order valence-electron chi connectivity index (χ2n) is 8.01. The number of ether oxygens (including phenoxy) is 1. The summed E-state index contributed by atoms with van der Waals surface area (Å²) in [5, 5.41) is 0. The SMILES string of the molecule is CC1OCCN(C(=O)C23CC4CC(CC(C4)C2)C3)C1C. The smallest absolute Gasteiger partial charge is 0.229 e. The van der Waals surface area contributed by atoms with E-state index in [0.717, 1.165) is 24.3 Å². The molecule has 5 aliphatic rings. The van der Waals surface area contributed by atoms with Crippen LogP contribution in [-0.4, -0.2) is 36.1 Å². The van der Waals surface area contributed by atoms with Crippen molar-refractivity contribution in [1.82, 2.24) is 4.90 Å². The van der Waals surface area contributed by atoms with Gasteiger partial charge < -0.3 is 9.64 Å². The molecule has 112 valence electrons. The molecule has 2 unspecified atom stereocenters. The Hall–Kier alpha value is -0.570. The Morgan fingerprint density at radius 2 is 1.60 bits per heavy atom. The molecule has 0 radical (unpaired) electrons. The molecule has 20 heavy (non-hydrogen) atoms. The van der Waals surface area contributed by atoms with Crippen LogP contribution in [0.25, 0.3) is 0 Å². The summed E-state index contributed by atoms with van der Waals surface area (Å²) in [5.41, 5.74) is 0.0140. The van der Waals surface area contributed by atoms with Crippen LogP contribution in [0.4, 0.5) is 0 Å². The van der Waals surface area contributed by atoms with Crippen molar-refractivity contribution in [1.29, 1.82) is 0 Å². The van der Waals surface area contributed by atoms with E-state index in [1.54, 1.807) is 0 Å². The van der Waals surface area contributed by atoms with E-state index < -0.39 is 0 Å². The summed E-state index contributed by atoms with van der Waals surface area (Å²) in [6.45, 7) is 5.77. The predicted octanol–water partition coefficient (Wildman–Crippen LogP) is 2.84. The largest absolute Gasteiger partial charge is 0.375 e. The maximum atomic E-state index is 13.3. The van der Waals surface area contributed by atoms with Gasteiger partial charge in [0, 0.05) is 6.54 Å². The lowest BCUT2D eigenvalue weighted by atomic mass is 9.49. The highest BCUT2D eigenvalue weighted by atomic mass is 16.5. The molecule has 1 aliphatic heterocycles. The molecule has 0 aromatic carbocycles. The normalized spacial score (nSPS) is 50.5.